The third-order valence-electron chi connectivity index (χ3n) is 4.90. The van der Waals surface area contributed by atoms with Crippen molar-refractivity contribution in [2.75, 3.05) is 44.2 Å². The van der Waals surface area contributed by atoms with Crippen molar-refractivity contribution in [3.05, 3.63) is 57.3 Å². The molecule has 1 saturated heterocycles. The average molecular weight is 418 g/mol. The minimum atomic E-state index is -0.541. The smallest absolute Gasteiger partial charge is 0.358 e. The number of imidazole rings is 1. The molecule has 0 spiro atoms. The summed E-state index contributed by atoms with van der Waals surface area (Å²) in [7, 11) is 0. The van der Waals surface area contributed by atoms with Crippen molar-refractivity contribution in [1.29, 1.82) is 0 Å². The highest BCUT2D eigenvalue weighted by atomic mass is 32.1. The van der Waals surface area contributed by atoms with E-state index in [2.05, 4.69) is 15.2 Å². The van der Waals surface area contributed by atoms with Gasteiger partial charge in [-0.05, 0) is 17.1 Å². The molecule has 4 rings (SSSR count). The Morgan fingerprint density at radius 1 is 1.28 bits per heavy atom. The zero-order valence-corrected chi connectivity index (χ0v) is 16.3. The number of anilines is 1. The van der Waals surface area contributed by atoms with Gasteiger partial charge in [0.25, 0.3) is 10.9 Å². The Balaban J connectivity index is 1.31. The van der Waals surface area contributed by atoms with Crippen LogP contribution < -0.4 is 10.2 Å². The van der Waals surface area contributed by atoms with Crippen LogP contribution in [-0.2, 0) is 0 Å². The number of nitrogens with one attached hydrogen (secondary N) is 1. The molecule has 0 atom stereocenters. The number of fused-ring (bicyclic) bond motifs is 1. The van der Waals surface area contributed by atoms with Crippen molar-refractivity contribution in [2.24, 2.45) is 0 Å². The molecule has 11 heteroatoms. The summed E-state index contributed by atoms with van der Waals surface area (Å²) in [5.41, 5.74) is 0.0318. The summed E-state index contributed by atoms with van der Waals surface area (Å²) in [6.07, 6.45) is 1.66. The van der Waals surface area contributed by atoms with Crippen LogP contribution >= 0.6 is 11.3 Å². The molecule has 9 nitrogen and oxygen atoms in total. The zero-order valence-electron chi connectivity index (χ0n) is 15.5. The summed E-state index contributed by atoms with van der Waals surface area (Å²) in [6, 6.07) is 5.87. The van der Waals surface area contributed by atoms with Gasteiger partial charge in [-0.15, -0.1) is 0 Å². The minimum absolute atomic E-state index is 0.00755. The lowest BCUT2D eigenvalue weighted by Gasteiger charge is -2.34. The van der Waals surface area contributed by atoms with Crippen LogP contribution in [0.15, 0.2) is 35.8 Å². The summed E-state index contributed by atoms with van der Waals surface area (Å²) < 4.78 is 15.1. The van der Waals surface area contributed by atoms with Gasteiger partial charge in [-0.3, -0.25) is 9.69 Å². The highest BCUT2D eigenvalue weighted by molar-refractivity contribution is 7.15. The van der Waals surface area contributed by atoms with Gasteiger partial charge in [0.05, 0.1) is 5.56 Å². The number of carbonyl (C=O) groups is 1. The van der Waals surface area contributed by atoms with E-state index in [9.17, 15) is 19.3 Å². The van der Waals surface area contributed by atoms with E-state index in [4.69, 9.17) is 0 Å². The Morgan fingerprint density at radius 3 is 2.76 bits per heavy atom. The second kappa shape index (κ2) is 8.13. The normalized spacial score (nSPS) is 15.0. The van der Waals surface area contributed by atoms with Crippen LogP contribution in [0.4, 0.5) is 16.0 Å². The molecule has 1 fully saturated rings. The molecule has 29 heavy (non-hydrogen) atoms. The number of hydrogen-bond donors (Lipinski definition) is 1. The number of piperazine rings is 1. The van der Waals surface area contributed by atoms with Gasteiger partial charge in [-0.2, -0.15) is 9.38 Å². The second-order valence-corrected chi connectivity index (χ2v) is 7.51. The Kier molecular flexibility index (Phi) is 5.41. The molecular formula is C18H19FN6O3S. The minimum Gasteiger partial charge on any atom is -0.358 e. The van der Waals surface area contributed by atoms with Gasteiger partial charge in [0.1, 0.15) is 12.0 Å². The van der Waals surface area contributed by atoms with E-state index in [1.54, 1.807) is 23.7 Å². The van der Waals surface area contributed by atoms with E-state index < -0.39 is 16.6 Å². The maximum atomic E-state index is 13.6. The molecule has 0 radical (unpaired) electrons. The first-order valence-corrected chi connectivity index (χ1v) is 10.0. The van der Waals surface area contributed by atoms with Gasteiger partial charge in [0.2, 0.25) is 5.82 Å². The fourth-order valence-electron chi connectivity index (χ4n) is 3.40. The van der Waals surface area contributed by atoms with Gasteiger partial charge in [0.15, 0.2) is 0 Å². The molecule has 0 unspecified atom stereocenters. The predicted octanol–water partition coefficient (Wildman–Crippen LogP) is 2.00. The average Bonchev–Trinajstić information content (AvgIpc) is 3.29. The molecule has 3 aromatic rings. The number of rotatable bonds is 6. The van der Waals surface area contributed by atoms with Crippen molar-refractivity contribution in [3.8, 4) is 0 Å². The number of halogens is 1. The number of hydrogen-bond acceptors (Lipinski definition) is 7. The molecule has 0 bridgehead atoms. The fraction of sp³-hybridized carbons (Fsp3) is 0.333. The maximum Gasteiger partial charge on any atom is 0.373 e. The van der Waals surface area contributed by atoms with Crippen LogP contribution in [0.1, 0.15) is 10.4 Å². The standard InChI is InChI=1S/C18H19FN6O3S/c19-14-4-2-1-3-13(14)16(26)20-5-6-22-7-9-23(10-8-22)15-17(25(27)28)24-11-12-29-18(24)21-15/h1-4,11-12H,5-10H2,(H,20,26). The fourth-order valence-corrected chi connectivity index (χ4v) is 4.10. The van der Waals surface area contributed by atoms with Crippen molar-refractivity contribution in [3.63, 3.8) is 0 Å². The molecule has 1 amide bonds. The monoisotopic (exact) mass is 418 g/mol. The van der Waals surface area contributed by atoms with Crippen molar-refractivity contribution in [2.45, 2.75) is 0 Å². The number of carbonyl (C=O) groups excluding carboxylic acids is 1. The van der Waals surface area contributed by atoms with Crippen LogP contribution in [0, 0.1) is 15.9 Å². The molecule has 152 valence electrons. The van der Waals surface area contributed by atoms with Gasteiger partial charge in [0, 0.05) is 44.6 Å². The molecule has 1 N–H and O–H groups in total. The third-order valence-corrected chi connectivity index (χ3v) is 5.65. The summed E-state index contributed by atoms with van der Waals surface area (Å²) >= 11 is 1.36. The molecule has 1 aliphatic rings. The van der Waals surface area contributed by atoms with E-state index in [0.29, 0.717) is 50.0 Å². The molecular weight excluding hydrogens is 399 g/mol. The van der Waals surface area contributed by atoms with Gasteiger partial charge in [-0.25, -0.2) is 4.39 Å². The van der Waals surface area contributed by atoms with Gasteiger partial charge >= 0.3 is 5.82 Å². The van der Waals surface area contributed by atoms with E-state index in [1.165, 1.54) is 27.9 Å². The maximum absolute atomic E-state index is 13.6. The third kappa shape index (κ3) is 3.91. The van der Waals surface area contributed by atoms with E-state index in [1.807, 2.05) is 4.90 Å². The van der Waals surface area contributed by atoms with E-state index in [0.717, 1.165) is 0 Å². The molecule has 1 aromatic carbocycles. The highest BCUT2D eigenvalue weighted by Gasteiger charge is 2.30. The van der Waals surface area contributed by atoms with Gasteiger partial charge < -0.3 is 20.3 Å². The van der Waals surface area contributed by atoms with Crippen molar-refractivity contribution < 1.29 is 14.1 Å². The highest BCUT2D eigenvalue weighted by Crippen LogP contribution is 2.31. The van der Waals surface area contributed by atoms with Crippen LogP contribution in [-0.4, -0.2) is 64.4 Å². The lowest BCUT2D eigenvalue weighted by Crippen LogP contribution is -2.48. The first-order chi connectivity index (χ1) is 14.0. The number of amides is 1. The Labute approximate surface area is 169 Å². The molecule has 0 saturated carbocycles. The first-order valence-electron chi connectivity index (χ1n) is 9.14. The molecule has 1 aliphatic heterocycles. The summed E-state index contributed by atoms with van der Waals surface area (Å²) in [5.74, 6) is -0.586. The summed E-state index contributed by atoms with van der Waals surface area (Å²) in [5, 5.41) is 16.0. The van der Waals surface area contributed by atoms with E-state index >= 15 is 0 Å². The summed E-state index contributed by atoms with van der Waals surface area (Å²) in [6.45, 7) is 3.61. The van der Waals surface area contributed by atoms with Crippen LogP contribution in [0.2, 0.25) is 0 Å². The quantitative estimate of drug-likeness (QED) is 0.486. The number of nitro groups is 1. The Morgan fingerprint density at radius 2 is 2.03 bits per heavy atom. The van der Waals surface area contributed by atoms with Gasteiger partial charge in [-0.1, -0.05) is 23.5 Å². The Bertz CT molecular complexity index is 1040. The van der Waals surface area contributed by atoms with E-state index in [-0.39, 0.29) is 11.4 Å². The lowest BCUT2D eigenvalue weighted by atomic mass is 10.2. The van der Waals surface area contributed by atoms with Crippen molar-refractivity contribution >= 4 is 33.8 Å². The number of thiazole rings is 1. The number of benzene rings is 1. The van der Waals surface area contributed by atoms with Crippen LogP contribution in [0.25, 0.3) is 4.96 Å². The molecule has 3 heterocycles. The number of nitrogens with zero attached hydrogens (tertiary/aromatic N) is 5. The number of aromatic nitrogens is 2. The van der Waals surface area contributed by atoms with Crippen LogP contribution in [0.3, 0.4) is 0 Å². The topological polar surface area (TPSA) is 96.0 Å². The molecule has 0 aliphatic carbocycles. The second-order valence-electron chi connectivity index (χ2n) is 6.64. The zero-order chi connectivity index (χ0) is 20.4. The molecule has 2 aromatic heterocycles. The lowest BCUT2D eigenvalue weighted by molar-refractivity contribution is -0.389. The van der Waals surface area contributed by atoms with Crippen LogP contribution in [0.5, 0.6) is 0 Å². The SMILES string of the molecule is O=C(NCCN1CCN(c2nc3sccn3c2[N+](=O)[O-])CC1)c1ccccc1F. The Hall–Kier alpha value is -3.05. The summed E-state index contributed by atoms with van der Waals surface area (Å²) in [4.78, 5) is 32.3. The largest absolute Gasteiger partial charge is 0.373 e. The first kappa shape index (κ1) is 19.3. The predicted molar refractivity (Wildman–Crippen MR) is 107 cm³/mol. The van der Waals surface area contributed by atoms with Crippen molar-refractivity contribution in [1.82, 2.24) is 19.6 Å².